The topological polar surface area (TPSA) is 108 Å². The Morgan fingerprint density at radius 2 is 1.72 bits per heavy atom. The van der Waals surface area contributed by atoms with Crippen LogP contribution in [0, 0.1) is 5.41 Å². The Kier molecular flexibility index (Phi) is 5.52. The Morgan fingerprint density at radius 3 is 2.34 bits per heavy atom. The number of pyridine rings is 1. The fourth-order valence-corrected chi connectivity index (χ4v) is 2.78. The normalized spacial score (nSPS) is 11.3. The predicted octanol–water partition coefficient (Wildman–Crippen LogP) is 3.22. The molecule has 3 N–H and O–H groups in total. The molecule has 1 heterocycles. The van der Waals surface area contributed by atoms with E-state index in [9.17, 15) is 19.5 Å². The van der Waals surface area contributed by atoms with E-state index in [1.54, 1.807) is 69.3 Å². The zero-order valence-corrected chi connectivity index (χ0v) is 16.4. The van der Waals surface area contributed by atoms with Gasteiger partial charge in [0.05, 0.1) is 12.0 Å². The molecule has 0 aliphatic carbocycles. The van der Waals surface area contributed by atoms with Crippen molar-refractivity contribution >= 4 is 28.5 Å². The molecule has 3 rings (SSSR count). The van der Waals surface area contributed by atoms with Crippen molar-refractivity contribution in [3.05, 3.63) is 70.0 Å². The first-order chi connectivity index (χ1) is 13.7. The number of aromatic nitrogens is 1. The van der Waals surface area contributed by atoms with E-state index in [1.807, 2.05) is 0 Å². The maximum atomic E-state index is 12.7. The lowest BCUT2D eigenvalue weighted by Crippen LogP contribution is -2.26. The number of aliphatic hydroxyl groups is 1. The van der Waals surface area contributed by atoms with E-state index in [1.165, 1.54) is 0 Å². The van der Waals surface area contributed by atoms with Crippen molar-refractivity contribution < 1.29 is 19.4 Å². The number of amides is 1. The molecule has 2 aromatic carbocycles. The van der Waals surface area contributed by atoms with E-state index in [2.05, 4.69) is 10.3 Å². The molecule has 7 nitrogen and oxygen atoms in total. The van der Waals surface area contributed by atoms with Gasteiger partial charge in [-0.25, -0.2) is 0 Å². The van der Waals surface area contributed by atoms with Crippen molar-refractivity contribution in [2.75, 3.05) is 5.32 Å². The number of hydrogen-bond donors (Lipinski definition) is 3. The highest BCUT2D eigenvalue weighted by atomic mass is 16.5. The molecule has 0 saturated carbocycles. The summed E-state index contributed by atoms with van der Waals surface area (Å²) in [4.78, 5) is 39.8. The lowest BCUT2D eigenvalue weighted by molar-refractivity contribution is -0.143. The number of nitrogens with one attached hydrogen (secondary N) is 2. The zero-order valence-electron chi connectivity index (χ0n) is 16.4. The SMILES string of the molecule is CC(C)(C)C(=O)Oc1ccc(NC(=O)c2c(CO)c3ccccc3[nH]c2=O)cc1. The van der Waals surface area contributed by atoms with Crippen molar-refractivity contribution in [2.24, 2.45) is 5.41 Å². The molecule has 0 aliphatic heterocycles. The number of aliphatic hydroxyl groups excluding tert-OH is 1. The molecule has 0 fully saturated rings. The number of carbonyl (C=O) groups excluding carboxylic acids is 2. The Hall–Kier alpha value is -3.45. The lowest BCUT2D eigenvalue weighted by Gasteiger charge is -2.16. The van der Waals surface area contributed by atoms with Crippen LogP contribution in [0.25, 0.3) is 10.9 Å². The van der Waals surface area contributed by atoms with Gasteiger partial charge in [-0.05, 0) is 51.1 Å². The molecule has 29 heavy (non-hydrogen) atoms. The van der Waals surface area contributed by atoms with Crippen LogP contribution in [0.4, 0.5) is 5.69 Å². The van der Waals surface area contributed by atoms with Gasteiger partial charge in [-0.1, -0.05) is 18.2 Å². The number of aromatic amines is 1. The van der Waals surface area contributed by atoms with Crippen LogP contribution in [-0.2, 0) is 11.4 Å². The Bertz CT molecular complexity index is 1120. The second-order valence-electron chi connectivity index (χ2n) is 7.63. The first kappa shape index (κ1) is 20.3. The van der Waals surface area contributed by atoms with Crippen molar-refractivity contribution in [2.45, 2.75) is 27.4 Å². The summed E-state index contributed by atoms with van der Waals surface area (Å²) in [6, 6.07) is 13.2. The number of esters is 1. The number of carbonyl (C=O) groups is 2. The van der Waals surface area contributed by atoms with Gasteiger partial charge in [0.25, 0.3) is 11.5 Å². The number of anilines is 1. The fraction of sp³-hybridized carbons (Fsp3) is 0.227. The maximum absolute atomic E-state index is 12.7. The summed E-state index contributed by atoms with van der Waals surface area (Å²) in [5.41, 5.74) is -0.136. The van der Waals surface area contributed by atoms with Crippen LogP contribution in [0.3, 0.4) is 0 Å². The predicted molar refractivity (Wildman–Crippen MR) is 110 cm³/mol. The van der Waals surface area contributed by atoms with E-state index >= 15 is 0 Å². The first-order valence-electron chi connectivity index (χ1n) is 9.09. The van der Waals surface area contributed by atoms with E-state index in [-0.39, 0.29) is 17.1 Å². The van der Waals surface area contributed by atoms with Gasteiger partial charge in [-0.3, -0.25) is 14.4 Å². The average Bonchev–Trinajstić information content (AvgIpc) is 2.67. The van der Waals surface area contributed by atoms with Gasteiger partial charge in [0.15, 0.2) is 0 Å². The quantitative estimate of drug-likeness (QED) is 0.465. The van der Waals surface area contributed by atoms with Crippen LogP contribution in [0.1, 0.15) is 36.7 Å². The molecule has 7 heteroatoms. The van der Waals surface area contributed by atoms with E-state index in [0.717, 1.165) is 0 Å². The third-order valence-corrected chi connectivity index (χ3v) is 4.35. The van der Waals surface area contributed by atoms with Crippen LogP contribution in [0.15, 0.2) is 53.3 Å². The Morgan fingerprint density at radius 1 is 1.07 bits per heavy atom. The van der Waals surface area contributed by atoms with E-state index in [4.69, 9.17) is 4.74 Å². The van der Waals surface area contributed by atoms with Gasteiger partial charge in [0.2, 0.25) is 0 Å². The summed E-state index contributed by atoms with van der Waals surface area (Å²) in [6.07, 6.45) is 0. The highest BCUT2D eigenvalue weighted by molar-refractivity contribution is 6.07. The third-order valence-electron chi connectivity index (χ3n) is 4.35. The summed E-state index contributed by atoms with van der Waals surface area (Å²) in [6.45, 7) is 4.81. The summed E-state index contributed by atoms with van der Waals surface area (Å²) >= 11 is 0. The van der Waals surface area contributed by atoms with Crippen LogP contribution in [0.5, 0.6) is 5.75 Å². The molecule has 0 atom stereocenters. The second kappa shape index (κ2) is 7.89. The number of H-pyrrole nitrogens is 1. The number of para-hydroxylation sites is 1. The molecule has 0 unspecified atom stereocenters. The van der Waals surface area contributed by atoms with Gasteiger partial charge in [-0.15, -0.1) is 0 Å². The lowest BCUT2D eigenvalue weighted by atomic mass is 9.97. The van der Waals surface area contributed by atoms with Crippen LogP contribution < -0.4 is 15.6 Å². The minimum Gasteiger partial charge on any atom is -0.426 e. The highest BCUT2D eigenvalue weighted by Crippen LogP contribution is 2.22. The molecule has 0 saturated heterocycles. The van der Waals surface area contributed by atoms with Crippen molar-refractivity contribution in [3.63, 3.8) is 0 Å². The summed E-state index contributed by atoms with van der Waals surface area (Å²) in [7, 11) is 0. The largest absolute Gasteiger partial charge is 0.426 e. The molecule has 0 radical (unpaired) electrons. The Labute approximate surface area is 167 Å². The van der Waals surface area contributed by atoms with Crippen LogP contribution >= 0.6 is 0 Å². The van der Waals surface area contributed by atoms with Crippen LogP contribution in [0.2, 0.25) is 0 Å². The van der Waals surface area contributed by atoms with Gasteiger partial charge in [-0.2, -0.15) is 0 Å². The van der Waals surface area contributed by atoms with Gasteiger partial charge < -0.3 is 20.1 Å². The number of hydrogen-bond acceptors (Lipinski definition) is 5. The summed E-state index contributed by atoms with van der Waals surface area (Å²) in [5, 5.41) is 13.0. The van der Waals surface area contributed by atoms with Gasteiger partial charge in [0.1, 0.15) is 11.3 Å². The molecule has 150 valence electrons. The third kappa shape index (κ3) is 4.35. The minimum atomic E-state index is -0.638. The van der Waals surface area contributed by atoms with Gasteiger partial charge >= 0.3 is 5.97 Å². The Balaban J connectivity index is 1.85. The second-order valence-corrected chi connectivity index (χ2v) is 7.63. The number of benzene rings is 2. The zero-order chi connectivity index (χ0) is 21.2. The number of ether oxygens (including phenoxy) is 1. The molecule has 3 aromatic rings. The van der Waals surface area contributed by atoms with Crippen molar-refractivity contribution in [1.29, 1.82) is 0 Å². The molecule has 0 aliphatic rings. The average molecular weight is 394 g/mol. The van der Waals surface area contributed by atoms with Gasteiger partial charge in [0, 0.05) is 22.2 Å². The van der Waals surface area contributed by atoms with E-state index in [0.29, 0.717) is 22.3 Å². The standard InChI is InChI=1S/C22H22N2O5/c1-22(2,3)21(28)29-14-10-8-13(9-11-14)23-19(26)18-16(12-25)15-6-4-5-7-17(15)24-20(18)27/h4-11,25H,12H2,1-3H3,(H,23,26)(H,24,27). The number of fused-ring (bicyclic) bond motifs is 1. The summed E-state index contributed by atoms with van der Waals surface area (Å²) in [5.74, 6) is -0.660. The molecule has 0 spiro atoms. The molecule has 1 aromatic heterocycles. The summed E-state index contributed by atoms with van der Waals surface area (Å²) < 4.78 is 5.29. The molecular formula is C22H22N2O5. The van der Waals surface area contributed by atoms with Crippen molar-refractivity contribution in [3.8, 4) is 5.75 Å². The number of rotatable bonds is 4. The first-order valence-corrected chi connectivity index (χ1v) is 9.09. The van der Waals surface area contributed by atoms with Crippen LogP contribution in [-0.4, -0.2) is 22.0 Å². The minimum absolute atomic E-state index is 0.144. The smallest absolute Gasteiger partial charge is 0.316 e. The molecule has 0 bridgehead atoms. The maximum Gasteiger partial charge on any atom is 0.316 e. The fourth-order valence-electron chi connectivity index (χ4n) is 2.78. The highest BCUT2D eigenvalue weighted by Gasteiger charge is 2.24. The monoisotopic (exact) mass is 394 g/mol. The molecule has 1 amide bonds. The molecular weight excluding hydrogens is 372 g/mol. The van der Waals surface area contributed by atoms with E-state index < -0.39 is 23.5 Å². The van der Waals surface area contributed by atoms with Crippen molar-refractivity contribution in [1.82, 2.24) is 4.98 Å².